The fourth-order valence-corrected chi connectivity index (χ4v) is 3.93. The number of nitrogens with zero attached hydrogens (tertiary/aromatic N) is 4. The number of piperazine rings is 1. The Kier molecular flexibility index (Phi) is 4.85. The monoisotopic (exact) mass is 316 g/mol. The van der Waals surface area contributed by atoms with Crippen molar-refractivity contribution in [2.75, 3.05) is 37.6 Å². The van der Waals surface area contributed by atoms with Gasteiger partial charge >= 0.3 is 0 Å². The molecule has 0 aromatic carbocycles. The predicted molar refractivity (Wildman–Crippen MR) is 92.4 cm³/mol. The zero-order valence-corrected chi connectivity index (χ0v) is 14.5. The van der Waals surface area contributed by atoms with E-state index in [1.807, 2.05) is 12.3 Å². The topological polar surface area (TPSA) is 39.7 Å². The van der Waals surface area contributed by atoms with E-state index in [9.17, 15) is 4.79 Å². The van der Waals surface area contributed by atoms with Crippen molar-refractivity contribution < 1.29 is 4.79 Å². The van der Waals surface area contributed by atoms with Crippen LogP contribution in [0.15, 0.2) is 24.5 Å². The molecule has 2 atom stereocenters. The molecule has 0 N–H and O–H groups in total. The SMILES string of the molecule is CC(C)N1CCN(C(=O)[C@H]2CCN(c3cccnc3)C2)C[C@@H]1C. The third kappa shape index (κ3) is 3.50. The second-order valence-electron chi connectivity index (χ2n) is 7.11. The van der Waals surface area contributed by atoms with Gasteiger partial charge in [0, 0.05) is 51.0 Å². The van der Waals surface area contributed by atoms with E-state index in [0.29, 0.717) is 18.0 Å². The second-order valence-corrected chi connectivity index (χ2v) is 7.11. The minimum absolute atomic E-state index is 0.132. The molecule has 5 nitrogen and oxygen atoms in total. The van der Waals surface area contributed by atoms with Gasteiger partial charge in [-0.1, -0.05) is 0 Å². The largest absolute Gasteiger partial charge is 0.369 e. The van der Waals surface area contributed by atoms with Crippen LogP contribution in [0.25, 0.3) is 0 Å². The molecule has 2 aliphatic rings. The Morgan fingerprint density at radius 1 is 1.26 bits per heavy atom. The van der Waals surface area contributed by atoms with Gasteiger partial charge < -0.3 is 9.80 Å². The van der Waals surface area contributed by atoms with E-state index >= 15 is 0 Å². The lowest BCUT2D eigenvalue weighted by atomic mass is 10.0. The van der Waals surface area contributed by atoms with Gasteiger partial charge in [-0.2, -0.15) is 0 Å². The summed E-state index contributed by atoms with van der Waals surface area (Å²) in [5.41, 5.74) is 1.13. The van der Waals surface area contributed by atoms with Crippen molar-refractivity contribution in [1.82, 2.24) is 14.8 Å². The Labute approximate surface area is 139 Å². The summed E-state index contributed by atoms with van der Waals surface area (Å²) in [7, 11) is 0. The first kappa shape index (κ1) is 16.2. The smallest absolute Gasteiger partial charge is 0.227 e. The van der Waals surface area contributed by atoms with Crippen molar-refractivity contribution in [2.45, 2.75) is 39.3 Å². The maximum Gasteiger partial charge on any atom is 0.227 e. The molecule has 1 aromatic heterocycles. The van der Waals surface area contributed by atoms with Crippen LogP contribution in [-0.2, 0) is 4.79 Å². The molecule has 2 aliphatic heterocycles. The van der Waals surface area contributed by atoms with Crippen LogP contribution in [0, 0.1) is 5.92 Å². The highest BCUT2D eigenvalue weighted by Gasteiger charge is 2.35. The molecule has 23 heavy (non-hydrogen) atoms. The Bertz CT molecular complexity index is 533. The zero-order valence-electron chi connectivity index (χ0n) is 14.5. The Morgan fingerprint density at radius 3 is 2.74 bits per heavy atom. The average Bonchev–Trinajstić information content (AvgIpc) is 3.04. The van der Waals surface area contributed by atoms with Gasteiger partial charge in [0.1, 0.15) is 0 Å². The molecule has 0 bridgehead atoms. The number of hydrogen-bond donors (Lipinski definition) is 0. The van der Waals surface area contributed by atoms with E-state index < -0.39 is 0 Å². The van der Waals surface area contributed by atoms with Crippen LogP contribution in [0.5, 0.6) is 0 Å². The second kappa shape index (κ2) is 6.87. The van der Waals surface area contributed by atoms with Crippen molar-refractivity contribution in [1.29, 1.82) is 0 Å². The molecule has 1 aromatic rings. The van der Waals surface area contributed by atoms with Gasteiger partial charge in [-0.15, -0.1) is 0 Å². The van der Waals surface area contributed by atoms with E-state index in [4.69, 9.17) is 0 Å². The minimum Gasteiger partial charge on any atom is -0.369 e. The summed E-state index contributed by atoms with van der Waals surface area (Å²) in [6.45, 7) is 11.2. The summed E-state index contributed by atoms with van der Waals surface area (Å²) in [5, 5.41) is 0. The van der Waals surface area contributed by atoms with Crippen LogP contribution >= 0.6 is 0 Å². The van der Waals surface area contributed by atoms with E-state index in [0.717, 1.165) is 44.8 Å². The van der Waals surface area contributed by atoms with Gasteiger partial charge in [0.15, 0.2) is 0 Å². The Hall–Kier alpha value is -1.62. The van der Waals surface area contributed by atoms with Crippen molar-refractivity contribution in [2.24, 2.45) is 5.92 Å². The van der Waals surface area contributed by atoms with Crippen molar-refractivity contribution >= 4 is 11.6 Å². The molecule has 2 fully saturated rings. The van der Waals surface area contributed by atoms with Crippen LogP contribution in [0.3, 0.4) is 0 Å². The Balaban J connectivity index is 1.58. The molecular weight excluding hydrogens is 288 g/mol. The highest BCUT2D eigenvalue weighted by molar-refractivity contribution is 5.80. The molecule has 3 rings (SSSR count). The fraction of sp³-hybridized carbons (Fsp3) is 0.667. The van der Waals surface area contributed by atoms with Gasteiger partial charge in [0.25, 0.3) is 0 Å². The van der Waals surface area contributed by atoms with Crippen LogP contribution in [-0.4, -0.2) is 65.5 Å². The van der Waals surface area contributed by atoms with Crippen molar-refractivity contribution in [3.05, 3.63) is 24.5 Å². The maximum absolute atomic E-state index is 12.9. The quantitative estimate of drug-likeness (QED) is 0.853. The molecule has 0 spiro atoms. The first-order valence-corrected chi connectivity index (χ1v) is 8.75. The van der Waals surface area contributed by atoms with Crippen molar-refractivity contribution in [3.8, 4) is 0 Å². The fourth-order valence-electron chi connectivity index (χ4n) is 3.93. The average molecular weight is 316 g/mol. The molecule has 0 saturated carbocycles. The predicted octanol–water partition coefficient (Wildman–Crippen LogP) is 1.85. The molecular formula is C18H28N4O. The van der Waals surface area contributed by atoms with Crippen LogP contribution in [0.2, 0.25) is 0 Å². The summed E-state index contributed by atoms with van der Waals surface area (Å²) in [6.07, 6.45) is 4.63. The highest BCUT2D eigenvalue weighted by Crippen LogP contribution is 2.25. The zero-order chi connectivity index (χ0) is 16.4. The number of amides is 1. The molecule has 5 heteroatoms. The maximum atomic E-state index is 12.9. The molecule has 0 radical (unpaired) electrons. The van der Waals surface area contributed by atoms with Gasteiger partial charge in [0.05, 0.1) is 17.8 Å². The lowest BCUT2D eigenvalue weighted by Crippen LogP contribution is -2.56. The van der Waals surface area contributed by atoms with Gasteiger partial charge in [-0.05, 0) is 39.3 Å². The number of anilines is 1. The number of aromatic nitrogens is 1. The summed E-state index contributed by atoms with van der Waals surface area (Å²) in [5.74, 6) is 0.472. The summed E-state index contributed by atoms with van der Waals surface area (Å²) < 4.78 is 0. The number of carbonyl (C=O) groups is 1. The van der Waals surface area contributed by atoms with Gasteiger partial charge in [-0.25, -0.2) is 0 Å². The summed E-state index contributed by atoms with van der Waals surface area (Å²) in [4.78, 5) is 23.9. The van der Waals surface area contributed by atoms with E-state index in [1.54, 1.807) is 6.20 Å². The Morgan fingerprint density at radius 2 is 2.09 bits per heavy atom. The number of rotatable bonds is 3. The van der Waals surface area contributed by atoms with Gasteiger partial charge in [0.2, 0.25) is 5.91 Å². The number of hydrogen-bond acceptors (Lipinski definition) is 4. The van der Waals surface area contributed by atoms with Crippen LogP contribution in [0.1, 0.15) is 27.2 Å². The van der Waals surface area contributed by atoms with E-state index in [1.165, 1.54) is 0 Å². The third-order valence-corrected chi connectivity index (χ3v) is 5.20. The van der Waals surface area contributed by atoms with E-state index in [2.05, 4.69) is 46.5 Å². The number of pyridine rings is 1. The first-order valence-electron chi connectivity index (χ1n) is 8.75. The van der Waals surface area contributed by atoms with Crippen molar-refractivity contribution in [3.63, 3.8) is 0 Å². The molecule has 3 heterocycles. The summed E-state index contributed by atoms with van der Waals surface area (Å²) in [6, 6.07) is 5.03. The molecule has 0 unspecified atom stereocenters. The lowest BCUT2D eigenvalue weighted by Gasteiger charge is -2.42. The highest BCUT2D eigenvalue weighted by atomic mass is 16.2. The number of carbonyl (C=O) groups excluding carboxylic acids is 1. The molecule has 0 aliphatic carbocycles. The molecule has 126 valence electrons. The molecule has 2 saturated heterocycles. The normalized spacial score (nSPS) is 26.1. The summed E-state index contributed by atoms with van der Waals surface area (Å²) >= 11 is 0. The van der Waals surface area contributed by atoms with Gasteiger partial charge in [-0.3, -0.25) is 14.7 Å². The van der Waals surface area contributed by atoms with Crippen LogP contribution < -0.4 is 4.90 Å². The standard InChI is InChI=1S/C18H28N4O/c1-14(2)22-10-9-21(12-15(22)3)18(23)16-6-8-20(13-16)17-5-4-7-19-11-17/h4-5,7,11,14-16H,6,8-10,12-13H2,1-3H3/t15-,16-/m0/s1. The lowest BCUT2D eigenvalue weighted by molar-refractivity contribution is -0.138. The molecule has 1 amide bonds. The van der Waals surface area contributed by atoms with E-state index in [-0.39, 0.29) is 5.92 Å². The van der Waals surface area contributed by atoms with Crippen LogP contribution in [0.4, 0.5) is 5.69 Å². The first-order chi connectivity index (χ1) is 11.1. The third-order valence-electron chi connectivity index (χ3n) is 5.20. The minimum atomic E-state index is 0.132.